The topological polar surface area (TPSA) is 174 Å². The third-order valence-corrected chi connectivity index (χ3v) is 8.20. The minimum atomic E-state index is -4.41. The van der Waals surface area contributed by atoms with Gasteiger partial charge in [0.25, 0.3) is 0 Å². The van der Waals surface area contributed by atoms with Crippen molar-refractivity contribution in [3.05, 3.63) is 70.4 Å². The number of aromatic nitrogens is 1. The first kappa shape index (κ1) is 35.3. The van der Waals surface area contributed by atoms with Gasteiger partial charge in [-0.3, -0.25) is 4.99 Å². The normalized spacial score (nSPS) is 15.9. The van der Waals surface area contributed by atoms with Crippen molar-refractivity contribution in [3.63, 3.8) is 0 Å². The average Bonchev–Trinajstić information content (AvgIpc) is 3.40. The number of alkyl halides is 3. The van der Waals surface area contributed by atoms with E-state index in [1.807, 2.05) is 43.3 Å². The largest absolute Gasteiger partial charge is 0.446 e. The zero-order chi connectivity index (χ0) is 33.3. The lowest BCUT2D eigenvalue weighted by molar-refractivity contribution is -0.0328. The number of nitrogens with one attached hydrogen (secondary N) is 2. The van der Waals surface area contributed by atoms with E-state index in [0.717, 1.165) is 36.8 Å². The molecule has 1 aliphatic heterocycles. The molecule has 0 bridgehead atoms. The molecular weight excluding hydrogens is 617 g/mol. The van der Waals surface area contributed by atoms with Crippen molar-refractivity contribution in [2.75, 3.05) is 24.6 Å². The molecule has 3 aromatic rings. The zero-order valence-corrected chi connectivity index (χ0v) is 26.6. The number of halogens is 3. The van der Waals surface area contributed by atoms with Crippen molar-refractivity contribution in [3.8, 4) is 11.3 Å². The standard InChI is InChI=1S/C32H43F3N8O2S/c1-20(36)5-2-6-21-15-23(17-26(16-21)46-32(33,34)35)28-18-24-19-43(31(45)42-29(24)41-28)25-10-8-22(9-11-25)27(7-3-14-44)39-12-4-13-40-30(37)38/h8-11,15-20,27,31,39,44-45H,2-7,12-14,36H2,1H3,(H,41,42)(H4,37,38,40)/t20-,27-,31?/m0/s1. The average molecular weight is 661 g/mol. The third kappa shape index (κ3) is 10.5. The summed E-state index contributed by atoms with van der Waals surface area (Å²) in [4.78, 5) is 13.3. The molecule has 4 rings (SSSR count). The van der Waals surface area contributed by atoms with Gasteiger partial charge in [-0.2, -0.15) is 13.2 Å². The maximum Gasteiger partial charge on any atom is 0.446 e. The molecule has 0 saturated heterocycles. The number of guanidine groups is 1. The van der Waals surface area contributed by atoms with Crippen molar-refractivity contribution in [1.82, 2.24) is 10.3 Å². The van der Waals surface area contributed by atoms with Gasteiger partial charge in [0.2, 0.25) is 6.35 Å². The lowest BCUT2D eigenvalue weighted by Gasteiger charge is -2.26. The highest BCUT2D eigenvalue weighted by atomic mass is 32.2. The number of nitrogens with two attached hydrogens (primary N) is 3. The molecule has 1 aromatic heterocycles. The van der Waals surface area contributed by atoms with E-state index in [4.69, 9.17) is 17.2 Å². The van der Waals surface area contributed by atoms with Crippen molar-refractivity contribution in [2.24, 2.45) is 27.2 Å². The summed E-state index contributed by atoms with van der Waals surface area (Å²) in [6.07, 6.45) is 4.83. The third-order valence-electron chi connectivity index (χ3n) is 7.50. The molecule has 0 amide bonds. The van der Waals surface area contributed by atoms with Crippen LogP contribution in [0.4, 0.5) is 18.9 Å². The van der Waals surface area contributed by atoms with Crippen molar-refractivity contribution in [2.45, 2.75) is 74.3 Å². The van der Waals surface area contributed by atoms with Gasteiger partial charge < -0.3 is 42.6 Å². The number of benzene rings is 2. The summed E-state index contributed by atoms with van der Waals surface area (Å²) in [5.41, 5.74) is 16.4. The Labute approximate surface area is 270 Å². The zero-order valence-electron chi connectivity index (χ0n) is 25.8. The number of H-pyrrole nitrogens is 1. The molecule has 46 heavy (non-hydrogen) atoms. The predicted molar refractivity (Wildman–Crippen MR) is 177 cm³/mol. The number of hydrogen-bond acceptors (Lipinski definition) is 8. The summed E-state index contributed by atoms with van der Waals surface area (Å²) in [7, 11) is 0. The number of aliphatic hydroxyl groups excluding tert-OH is 2. The highest BCUT2D eigenvalue weighted by molar-refractivity contribution is 8.00. The van der Waals surface area contributed by atoms with E-state index in [1.54, 1.807) is 17.2 Å². The highest BCUT2D eigenvalue weighted by Crippen LogP contribution is 2.39. The second-order valence-electron chi connectivity index (χ2n) is 11.4. The van der Waals surface area contributed by atoms with Gasteiger partial charge in [0.15, 0.2) is 5.96 Å². The number of fused-ring (bicyclic) bond motifs is 1. The summed E-state index contributed by atoms with van der Waals surface area (Å²) in [5, 5.41) is 24.5. The van der Waals surface area contributed by atoms with E-state index in [0.29, 0.717) is 53.6 Å². The molecule has 3 atom stereocenters. The first-order valence-corrected chi connectivity index (χ1v) is 16.1. The second kappa shape index (κ2) is 16.3. The molecule has 0 saturated carbocycles. The lowest BCUT2D eigenvalue weighted by Crippen LogP contribution is -2.41. The fourth-order valence-corrected chi connectivity index (χ4v) is 5.99. The molecule has 1 unspecified atom stereocenters. The molecule has 10 nitrogen and oxygen atoms in total. The van der Waals surface area contributed by atoms with Crippen LogP contribution in [0.15, 0.2) is 63.4 Å². The summed E-state index contributed by atoms with van der Waals surface area (Å²) >= 11 is -0.138. The van der Waals surface area contributed by atoms with E-state index in [9.17, 15) is 23.4 Å². The lowest BCUT2D eigenvalue weighted by atomic mass is 10.0. The summed E-state index contributed by atoms with van der Waals surface area (Å²) in [6, 6.07) is 14.5. The predicted octanol–water partition coefficient (Wildman–Crippen LogP) is 3.18. The van der Waals surface area contributed by atoms with E-state index in [-0.39, 0.29) is 41.3 Å². The Morgan fingerprint density at radius 3 is 2.54 bits per heavy atom. The number of nitrogens with zero attached hydrogens (tertiary/aromatic N) is 3. The minimum Gasteiger partial charge on any atom is -0.396 e. The van der Waals surface area contributed by atoms with Crippen molar-refractivity contribution < 1.29 is 23.4 Å². The van der Waals surface area contributed by atoms with Crippen LogP contribution in [-0.4, -0.2) is 58.8 Å². The van der Waals surface area contributed by atoms with Crippen LogP contribution in [0.3, 0.4) is 0 Å². The Hall–Kier alpha value is -3.56. The first-order chi connectivity index (χ1) is 21.9. The molecule has 0 spiro atoms. The molecule has 14 heteroatoms. The first-order valence-electron chi connectivity index (χ1n) is 15.3. The molecule has 0 fully saturated rings. The van der Waals surface area contributed by atoms with E-state index >= 15 is 0 Å². The maximum atomic E-state index is 13.3. The Morgan fingerprint density at radius 1 is 1.11 bits per heavy atom. The Morgan fingerprint density at radius 2 is 1.87 bits per heavy atom. The number of rotatable bonds is 16. The monoisotopic (exact) mass is 660 g/mol. The second-order valence-corrected chi connectivity index (χ2v) is 12.5. The minimum absolute atomic E-state index is 0.00838. The molecule has 10 N–H and O–H groups in total. The van der Waals surface area contributed by atoms with Crippen LogP contribution in [0, 0.1) is 0 Å². The number of anilines is 1. The molecule has 250 valence electrons. The fraction of sp³-hybridized carbons (Fsp3) is 0.438. The SMILES string of the molecule is C[C@H](N)CCCc1cc(SC(F)(F)F)cc(-c2cc3c([nH]2)=NC(O)N(c2ccc([C@H](CCCO)NCCCN=C(N)N)cc2)C=3)c1. The molecule has 2 heterocycles. The van der Waals surface area contributed by atoms with Gasteiger partial charge in [-0.15, -0.1) is 0 Å². The van der Waals surface area contributed by atoms with Crippen LogP contribution in [-0.2, 0) is 6.42 Å². The van der Waals surface area contributed by atoms with Crippen LogP contribution in [0.25, 0.3) is 17.5 Å². The van der Waals surface area contributed by atoms with Crippen LogP contribution in [0.1, 0.15) is 56.2 Å². The van der Waals surface area contributed by atoms with Gasteiger partial charge in [-0.25, -0.2) is 4.99 Å². The summed E-state index contributed by atoms with van der Waals surface area (Å²) < 4.78 is 39.9. The smallest absolute Gasteiger partial charge is 0.396 e. The van der Waals surface area contributed by atoms with Crippen LogP contribution in [0.5, 0.6) is 0 Å². The van der Waals surface area contributed by atoms with Crippen LogP contribution >= 0.6 is 11.8 Å². The molecule has 0 aliphatic carbocycles. The Balaban J connectivity index is 1.55. The van der Waals surface area contributed by atoms with Crippen molar-refractivity contribution in [1.29, 1.82) is 0 Å². The summed E-state index contributed by atoms with van der Waals surface area (Å²) in [5.74, 6) is 0.0611. The van der Waals surface area contributed by atoms with Gasteiger partial charge in [-0.05, 0) is 117 Å². The number of aromatic amines is 1. The molecule has 1 aliphatic rings. The molecule has 0 radical (unpaired) electrons. The van der Waals surface area contributed by atoms with Crippen molar-refractivity contribution >= 4 is 29.6 Å². The number of aliphatic imine (C=N–C) groups is 1. The Bertz CT molecular complexity index is 1570. The Kier molecular flexibility index (Phi) is 12.5. The number of aliphatic hydroxyl groups is 2. The van der Waals surface area contributed by atoms with Crippen LogP contribution < -0.4 is 38.1 Å². The molecular formula is C32H43F3N8O2S. The van der Waals surface area contributed by atoms with Gasteiger partial charge in [-0.1, -0.05) is 12.1 Å². The maximum absolute atomic E-state index is 13.3. The number of hydrogen-bond donors (Lipinski definition) is 7. The van der Waals surface area contributed by atoms with Gasteiger partial charge >= 0.3 is 5.51 Å². The van der Waals surface area contributed by atoms with Gasteiger partial charge in [0, 0.05) is 52.9 Å². The highest BCUT2D eigenvalue weighted by Gasteiger charge is 2.29. The van der Waals surface area contributed by atoms with E-state index in [2.05, 4.69) is 20.3 Å². The summed E-state index contributed by atoms with van der Waals surface area (Å²) in [6.45, 7) is 3.20. The number of thioether (sulfide) groups is 1. The van der Waals surface area contributed by atoms with Gasteiger partial charge in [0.05, 0.1) is 0 Å². The van der Waals surface area contributed by atoms with Crippen LogP contribution in [0.2, 0.25) is 0 Å². The quantitative estimate of drug-likeness (QED) is 0.0531. The fourth-order valence-electron chi connectivity index (χ4n) is 5.33. The molecule has 2 aromatic carbocycles. The van der Waals surface area contributed by atoms with E-state index in [1.165, 1.54) is 6.07 Å². The van der Waals surface area contributed by atoms with Gasteiger partial charge in [0.1, 0.15) is 5.49 Å². The number of aryl methyl sites for hydroxylation is 1. The van der Waals surface area contributed by atoms with E-state index < -0.39 is 11.9 Å².